The third-order valence-corrected chi connectivity index (χ3v) is 9.89. The van der Waals surface area contributed by atoms with Crippen LogP contribution in [0.4, 0.5) is 4.39 Å². The van der Waals surface area contributed by atoms with Crippen LogP contribution in [-0.2, 0) is 29.3 Å². The Morgan fingerprint density at radius 1 is 1.13 bits per heavy atom. The van der Waals surface area contributed by atoms with Crippen LogP contribution in [0.3, 0.4) is 0 Å². The highest BCUT2D eigenvalue weighted by Gasteiger charge is 2.43. The zero-order valence-corrected chi connectivity index (χ0v) is 26.7. The Balaban J connectivity index is 1.06. The maximum absolute atomic E-state index is 14.1. The van der Waals surface area contributed by atoms with Crippen molar-refractivity contribution in [1.29, 1.82) is 5.26 Å². The second kappa shape index (κ2) is 13.8. The van der Waals surface area contributed by atoms with Gasteiger partial charge in [0.05, 0.1) is 42.0 Å². The van der Waals surface area contributed by atoms with E-state index in [4.69, 9.17) is 31.0 Å². The highest BCUT2D eigenvalue weighted by molar-refractivity contribution is 7.97. The van der Waals surface area contributed by atoms with E-state index in [9.17, 15) is 14.4 Å². The van der Waals surface area contributed by atoms with Gasteiger partial charge in [0.25, 0.3) is 0 Å². The summed E-state index contributed by atoms with van der Waals surface area (Å²) >= 11 is 7.46. The number of piperidine rings is 1. The normalized spacial score (nSPS) is 16.4. The number of imidazole rings is 1. The molecule has 0 unspecified atom stereocenters. The van der Waals surface area contributed by atoms with E-state index < -0.39 is 0 Å². The molecule has 4 aromatic rings. The second-order valence-electron chi connectivity index (χ2n) is 11.9. The van der Waals surface area contributed by atoms with Gasteiger partial charge in [-0.2, -0.15) is 17.0 Å². The maximum atomic E-state index is 14.1. The van der Waals surface area contributed by atoms with Gasteiger partial charge in [-0.15, -0.1) is 0 Å². The zero-order chi connectivity index (χ0) is 31.4. The summed E-state index contributed by atoms with van der Waals surface area (Å²) in [6, 6.07) is 18.4. The number of likely N-dealkylation sites (tertiary alicyclic amines) is 1. The maximum Gasteiger partial charge on any atom is 0.337 e. The number of methoxy groups -OCH3 is 1. The van der Waals surface area contributed by atoms with Crippen molar-refractivity contribution in [2.75, 3.05) is 20.2 Å². The topological polar surface area (TPSA) is 93.3 Å². The molecule has 234 valence electrons. The molecule has 1 saturated carbocycles. The second-order valence-corrected chi connectivity index (χ2v) is 13.4. The van der Waals surface area contributed by atoms with E-state index in [1.54, 1.807) is 30.0 Å². The molecule has 1 aliphatic carbocycles. The zero-order valence-electron chi connectivity index (χ0n) is 25.2. The molecule has 45 heavy (non-hydrogen) atoms. The lowest BCUT2D eigenvalue weighted by Crippen LogP contribution is -2.38. The van der Waals surface area contributed by atoms with Gasteiger partial charge in [0.2, 0.25) is 5.88 Å². The molecule has 1 saturated heterocycles. The number of benzene rings is 2. The minimum absolute atomic E-state index is 0.0225. The summed E-state index contributed by atoms with van der Waals surface area (Å²) in [6.45, 7) is 3.10. The molecule has 0 amide bonds. The first-order chi connectivity index (χ1) is 21.8. The molecule has 6 rings (SSSR count). The average molecular weight is 648 g/mol. The molecule has 0 atom stereocenters. The van der Waals surface area contributed by atoms with E-state index in [-0.39, 0.29) is 23.3 Å². The van der Waals surface area contributed by atoms with Crippen molar-refractivity contribution in [2.24, 2.45) is 5.41 Å². The molecule has 2 aromatic carbocycles. The molecule has 11 heteroatoms. The third-order valence-electron chi connectivity index (χ3n) is 8.64. The number of rotatable bonds is 12. The number of carbonyl (C=O) groups excluding carboxylic acids is 1. The number of hydrogen-bond donors (Lipinski definition) is 0. The van der Waals surface area contributed by atoms with E-state index in [0.717, 1.165) is 61.3 Å². The predicted molar refractivity (Wildman–Crippen MR) is 173 cm³/mol. The van der Waals surface area contributed by atoms with Crippen molar-refractivity contribution >= 4 is 40.4 Å². The number of nitriles is 1. The average Bonchev–Trinajstić information content (AvgIpc) is 3.72. The van der Waals surface area contributed by atoms with Crippen LogP contribution in [0.25, 0.3) is 11.0 Å². The summed E-state index contributed by atoms with van der Waals surface area (Å²) in [5, 5.41) is 9.82. The number of hydrogen-bond acceptors (Lipinski definition) is 8. The lowest BCUT2D eigenvalue weighted by Gasteiger charge is -2.32. The molecule has 8 nitrogen and oxygen atoms in total. The van der Waals surface area contributed by atoms with Crippen molar-refractivity contribution in [2.45, 2.75) is 62.8 Å². The smallest absolute Gasteiger partial charge is 0.337 e. The Morgan fingerprint density at radius 3 is 2.69 bits per heavy atom. The van der Waals surface area contributed by atoms with E-state index in [1.807, 2.05) is 30.3 Å². The minimum atomic E-state index is -0.376. The van der Waals surface area contributed by atoms with E-state index in [1.165, 1.54) is 13.2 Å². The fourth-order valence-electron chi connectivity index (χ4n) is 5.85. The summed E-state index contributed by atoms with van der Waals surface area (Å²) in [4.78, 5) is 24.3. The van der Waals surface area contributed by atoms with Crippen molar-refractivity contribution in [3.63, 3.8) is 0 Å². The summed E-state index contributed by atoms with van der Waals surface area (Å²) in [7, 11) is 1.38. The molecular formula is C34H35ClFN5O3S. The largest absolute Gasteiger partial charge is 0.474 e. The van der Waals surface area contributed by atoms with Gasteiger partial charge >= 0.3 is 5.97 Å². The van der Waals surface area contributed by atoms with Crippen molar-refractivity contribution in [3.8, 4) is 11.9 Å². The quantitative estimate of drug-likeness (QED) is 0.149. The number of fused-ring (bicyclic) bond motifs is 1. The van der Waals surface area contributed by atoms with Gasteiger partial charge in [-0.25, -0.2) is 19.2 Å². The Kier molecular flexibility index (Phi) is 9.59. The first kappa shape index (κ1) is 31.3. The molecule has 2 aliphatic rings. The molecule has 0 radical (unpaired) electrons. The van der Waals surface area contributed by atoms with Gasteiger partial charge in [0.15, 0.2) is 0 Å². The molecule has 0 spiro atoms. The van der Waals surface area contributed by atoms with Gasteiger partial charge in [0, 0.05) is 54.1 Å². The van der Waals surface area contributed by atoms with Crippen molar-refractivity contribution in [1.82, 2.24) is 19.4 Å². The molecule has 1 aliphatic heterocycles. The lowest BCUT2D eigenvalue weighted by molar-refractivity contribution is 0.0601. The van der Waals surface area contributed by atoms with E-state index >= 15 is 0 Å². The lowest BCUT2D eigenvalue weighted by atomic mass is 10.0. The molecule has 0 bridgehead atoms. The van der Waals surface area contributed by atoms with Gasteiger partial charge in [-0.1, -0.05) is 23.7 Å². The van der Waals surface area contributed by atoms with Crippen LogP contribution in [0, 0.1) is 22.6 Å². The Hall–Kier alpha value is -3.65. The summed E-state index contributed by atoms with van der Waals surface area (Å²) in [5.74, 6) is 2.07. The number of carbonyl (C=O) groups is 1. The van der Waals surface area contributed by atoms with Crippen LogP contribution < -0.4 is 4.74 Å². The number of nitrogens with zero attached hydrogens (tertiary/aromatic N) is 5. The fourth-order valence-corrected chi connectivity index (χ4v) is 6.93. The number of aromatic nitrogens is 3. The standard InChI is InChI=1S/C34H35ClFN5O3S/c1-43-33(42)23-6-8-29-30(17-23)41(22-34(11-12-34)13-14-37)31(39-29)19-40-15-9-27(10-16-40)44-32-4-2-3-26(38-32)21-45-20-24-5-7-25(35)18-28(24)36/h2-8,17-18,27H,9-13,15-16,19-22H2,1H3. The Labute approximate surface area is 271 Å². The van der Waals surface area contributed by atoms with Crippen LogP contribution in [0.5, 0.6) is 5.88 Å². The summed E-state index contributed by atoms with van der Waals surface area (Å²) < 4.78 is 27.6. The number of ether oxygens (including phenoxy) is 2. The van der Waals surface area contributed by atoms with Crippen LogP contribution in [-0.4, -0.2) is 51.7 Å². The molecule has 2 aromatic heterocycles. The van der Waals surface area contributed by atoms with E-state index in [0.29, 0.717) is 53.0 Å². The van der Waals surface area contributed by atoms with Crippen molar-refractivity contribution in [3.05, 3.63) is 88.1 Å². The van der Waals surface area contributed by atoms with Crippen LogP contribution >= 0.6 is 23.4 Å². The Bertz CT molecular complexity index is 1730. The van der Waals surface area contributed by atoms with Crippen LogP contribution in [0.2, 0.25) is 5.02 Å². The number of esters is 1. The van der Waals surface area contributed by atoms with Crippen molar-refractivity contribution < 1.29 is 18.7 Å². The molecular weight excluding hydrogens is 613 g/mol. The predicted octanol–water partition coefficient (Wildman–Crippen LogP) is 7.18. The first-order valence-corrected chi connectivity index (χ1v) is 16.7. The number of thioether (sulfide) groups is 1. The van der Waals surface area contributed by atoms with Gasteiger partial charge in [-0.3, -0.25) is 4.90 Å². The number of halogens is 2. The summed E-state index contributed by atoms with van der Waals surface area (Å²) in [6.07, 6.45) is 4.34. The Morgan fingerprint density at radius 2 is 1.96 bits per heavy atom. The fraction of sp³-hybridized carbons (Fsp3) is 0.412. The minimum Gasteiger partial charge on any atom is -0.474 e. The molecule has 3 heterocycles. The van der Waals surface area contributed by atoms with Crippen LogP contribution in [0.15, 0.2) is 54.6 Å². The molecule has 2 fully saturated rings. The SMILES string of the molecule is COC(=O)c1ccc2nc(CN3CCC(Oc4cccc(CSCc5ccc(Cl)cc5F)n4)CC3)n(CC3(CC#N)CC3)c2c1. The monoisotopic (exact) mass is 647 g/mol. The van der Waals surface area contributed by atoms with Gasteiger partial charge in [-0.05, 0) is 67.6 Å². The third kappa shape index (κ3) is 7.60. The first-order valence-electron chi connectivity index (χ1n) is 15.2. The summed E-state index contributed by atoms with van der Waals surface area (Å²) in [5.41, 5.74) is 3.73. The highest BCUT2D eigenvalue weighted by atomic mass is 35.5. The van der Waals surface area contributed by atoms with Gasteiger partial charge < -0.3 is 14.0 Å². The van der Waals surface area contributed by atoms with Gasteiger partial charge in [0.1, 0.15) is 17.7 Å². The van der Waals surface area contributed by atoms with E-state index in [2.05, 4.69) is 15.5 Å². The highest BCUT2D eigenvalue weighted by Crippen LogP contribution is 2.50. The van der Waals surface area contributed by atoms with Crippen LogP contribution in [0.1, 0.15) is 59.5 Å². The molecule has 0 N–H and O–H groups in total. The number of pyridine rings is 1.